The lowest BCUT2D eigenvalue weighted by molar-refractivity contribution is -0.192. The molecule has 2 aromatic rings. The van der Waals surface area contributed by atoms with Gasteiger partial charge in [0.15, 0.2) is 0 Å². The molecule has 2 aliphatic heterocycles. The van der Waals surface area contributed by atoms with Crippen LogP contribution >= 0.6 is 11.6 Å². The highest BCUT2D eigenvalue weighted by molar-refractivity contribution is 6.30. The van der Waals surface area contributed by atoms with Crippen molar-refractivity contribution in [2.24, 2.45) is 5.92 Å². The lowest BCUT2D eigenvalue weighted by Gasteiger charge is -2.32. The number of alkyl halides is 3. The zero-order valence-corrected chi connectivity index (χ0v) is 22.7. The van der Waals surface area contributed by atoms with Gasteiger partial charge in [-0.05, 0) is 87.6 Å². The average Bonchev–Trinajstić information content (AvgIpc) is 2.90. The second kappa shape index (κ2) is 14.5. The molecule has 4 rings (SSSR count). The normalized spacial score (nSPS) is 17.7. The number of likely N-dealkylation sites (tertiary alicyclic amines) is 2. The first-order chi connectivity index (χ1) is 18.5. The number of ether oxygens (including phenoxy) is 1. The maximum atomic E-state index is 12.4. The molecular formula is C28H35ClF3N3O4. The van der Waals surface area contributed by atoms with Gasteiger partial charge < -0.3 is 20.1 Å². The van der Waals surface area contributed by atoms with Crippen LogP contribution in [0.3, 0.4) is 0 Å². The smallest absolute Gasteiger partial charge is 0.490 e. The Balaban J connectivity index is 0.000000532. The second-order valence-electron chi connectivity index (χ2n) is 10.0. The summed E-state index contributed by atoms with van der Waals surface area (Å²) in [4.78, 5) is 26.2. The zero-order chi connectivity index (χ0) is 28.4. The minimum absolute atomic E-state index is 0.0400. The number of piperidine rings is 2. The number of hydrogen-bond acceptors (Lipinski definition) is 5. The van der Waals surface area contributed by atoms with Gasteiger partial charge in [-0.3, -0.25) is 9.69 Å². The summed E-state index contributed by atoms with van der Waals surface area (Å²) < 4.78 is 37.8. The number of rotatable bonds is 7. The third-order valence-electron chi connectivity index (χ3n) is 6.91. The van der Waals surface area contributed by atoms with Gasteiger partial charge in [0.1, 0.15) is 5.75 Å². The Bertz CT molecular complexity index is 1070. The Kier molecular flexibility index (Phi) is 11.4. The molecule has 214 valence electrons. The maximum absolute atomic E-state index is 12.4. The molecule has 2 heterocycles. The van der Waals surface area contributed by atoms with Crippen molar-refractivity contribution in [3.63, 3.8) is 0 Å². The molecule has 2 aliphatic rings. The van der Waals surface area contributed by atoms with Crippen molar-refractivity contribution in [1.29, 1.82) is 0 Å². The molecule has 0 unspecified atom stereocenters. The van der Waals surface area contributed by atoms with Crippen LogP contribution < -0.4 is 10.1 Å². The third kappa shape index (κ3) is 10.7. The summed E-state index contributed by atoms with van der Waals surface area (Å²) in [5.41, 5.74) is 1.93. The molecule has 0 saturated carbocycles. The molecule has 0 aliphatic carbocycles. The Morgan fingerprint density at radius 2 is 1.64 bits per heavy atom. The van der Waals surface area contributed by atoms with Crippen molar-refractivity contribution in [3.8, 4) is 5.75 Å². The van der Waals surface area contributed by atoms with Gasteiger partial charge in [-0.15, -0.1) is 0 Å². The van der Waals surface area contributed by atoms with Crippen molar-refractivity contribution < 1.29 is 32.6 Å². The summed E-state index contributed by atoms with van der Waals surface area (Å²) in [6.07, 6.45) is -0.706. The minimum Gasteiger partial charge on any atom is -0.493 e. The highest BCUT2D eigenvalue weighted by Gasteiger charge is 2.38. The van der Waals surface area contributed by atoms with Crippen molar-refractivity contribution in [2.75, 3.05) is 39.8 Å². The molecule has 0 radical (unpaired) electrons. The zero-order valence-electron chi connectivity index (χ0n) is 21.9. The number of aliphatic carboxylic acids is 1. The van der Waals surface area contributed by atoms with Crippen LogP contribution in [0.1, 0.15) is 41.6 Å². The van der Waals surface area contributed by atoms with E-state index in [-0.39, 0.29) is 11.9 Å². The quantitative estimate of drug-likeness (QED) is 0.483. The molecule has 2 saturated heterocycles. The van der Waals surface area contributed by atoms with Crippen molar-refractivity contribution in [3.05, 3.63) is 64.7 Å². The van der Waals surface area contributed by atoms with Crippen LogP contribution in [0.15, 0.2) is 48.5 Å². The van der Waals surface area contributed by atoms with Gasteiger partial charge >= 0.3 is 12.1 Å². The first-order valence-electron chi connectivity index (χ1n) is 13.0. The highest BCUT2D eigenvalue weighted by atomic mass is 35.5. The van der Waals surface area contributed by atoms with Gasteiger partial charge in [-0.25, -0.2) is 4.79 Å². The highest BCUT2D eigenvalue weighted by Crippen LogP contribution is 2.21. The number of amides is 1. The monoisotopic (exact) mass is 569 g/mol. The van der Waals surface area contributed by atoms with Crippen molar-refractivity contribution in [1.82, 2.24) is 15.1 Å². The number of nitrogens with zero attached hydrogens (tertiary/aromatic N) is 2. The summed E-state index contributed by atoms with van der Waals surface area (Å²) in [6.45, 7) is 6.07. The molecular weight excluding hydrogens is 535 g/mol. The summed E-state index contributed by atoms with van der Waals surface area (Å²) in [7, 11) is 2.19. The van der Waals surface area contributed by atoms with E-state index in [1.165, 1.54) is 31.5 Å². The third-order valence-corrected chi connectivity index (χ3v) is 7.14. The summed E-state index contributed by atoms with van der Waals surface area (Å²) >= 11 is 6.00. The molecule has 7 nitrogen and oxygen atoms in total. The standard InChI is InChI=1S/C26H34ClN3O2.C2HF3O2/c1-29-13-9-21(10-14-29)19-32-25-7-5-20(6-8-25)18-30-15-11-24(12-16-30)28-26(31)22-3-2-4-23(27)17-22;3-2(4,5)1(6)7/h2-8,17,21,24H,9-16,18-19H2,1H3,(H,28,31);(H,6,7). The van der Waals surface area contributed by atoms with E-state index in [1.54, 1.807) is 18.2 Å². The molecule has 0 spiro atoms. The average molecular weight is 570 g/mol. The summed E-state index contributed by atoms with van der Waals surface area (Å²) in [5.74, 6) is -1.16. The van der Waals surface area contributed by atoms with Crippen LogP contribution in [0, 0.1) is 5.92 Å². The minimum atomic E-state index is -5.08. The van der Waals surface area contributed by atoms with E-state index < -0.39 is 12.1 Å². The van der Waals surface area contributed by atoms with Crippen LogP contribution in [0.2, 0.25) is 5.02 Å². The molecule has 11 heteroatoms. The number of halogens is 4. The van der Waals surface area contributed by atoms with Crippen LogP contribution in [-0.2, 0) is 11.3 Å². The van der Waals surface area contributed by atoms with Crippen LogP contribution in [0.25, 0.3) is 0 Å². The number of hydrogen-bond donors (Lipinski definition) is 2. The SMILES string of the molecule is CN1CCC(COc2ccc(CN3CCC(NC(=O)c4cccc(Cl)c4)CC3)cc2)CC1.O=C(O)C(F)(F)F. The molecule has 0 aromatic heterocycles. The van der Waals surface area contributed by atoms with E-state index in [9.17, 15) is 18.0 Å². The number of carbonyl (C=O) groups excluding carboxylic acids is 1. The second-order valence-corrected chi connectivity index (χ2v) is 10.5. The van der Waals surface area contributed by atoms with Crippen molar-refractivity contribution in [2.45, 2.75) is 44.4 Å². The number of benzene rings is 2. The first kappa shape index (κ1) is 30.7. The molecule has 2 aromatic carbocycles. The van der Waals surface area contributed by atoms with Crippen LogP contribution in [-0.4, -0.2) is 78.8 Å². The van der Waals surface area contributed by atoms with Gasteiger partial charge in [0.2, 0.25) is 0 Å². The van der Waals surface area contributed by atoms with Gasteiger partial charge in [0, 0.05) is 36.3 Å². The number of carbonyl (C=O) groups is 2. The van der Waals surface area contributed by atoms with Crippen LogP contribution in [0.4, 0.5) is 13.2 Å². The van der Waals surface area contributed by atoms with E-state index >= 15 is 0 Å². The van der Waals surface area contributed by atoms with Gasteiger partial charge in [0.25, 0.3) is 5.91 Å². The molecule has 2 N–H and O–H groups in total. The molecule has 0 atom stereocenters. The predicted octanol–water partition coefficient (Wildman–Crippen LogP) is 5.09. The predicted molar refractivity (Wildman–Crippen MR) is 143 cm³/mol. The van der Waals surface area contributed by atoms with Gasteiger partial charge in [-0.1, -0.05) is 29.8 Å². The topological polar surface area (TPSA) is 82.1 Å². The Hall–Kier alpha value is -2.82. The number of nitrogens with one attached hydrogen (secondary N) is 1. The summed E-state index contributed by atoms with van der Waals surface area (Å²) in [6, 6.07) is 15.9. The molecule has 2 fully saturated rings. The van der Waals surface area contributed by atoms with Crippen LogP contribution in [0.5, 0.6) is 5.75 Å². The summed E-state index contributed by atoms with van der Waals surface area (Å²) in [5, 5.41) is 10.9. The Morgan fingerprint density at radius 3 is 2.21 bits per heavy atom. The fourth-order valence-electron chi connectivity index (χ4n) is 4.53. The fraction of sp³-hybridized carbons (Fsp3) is 0.500. The van der Waals surface area contributed by atoms with Gasteiger partial charge in [0.05, 0.1) is 6.61 Å². The Morgan fingerprint density at radius 1 is 1.03 bits per heavy atom. The number of carboxylic acid groups (broad SMARTS) is 1. The van der Waals surface area contributed by atoms with Crippen molar-refractivity contribution >= 4 is 23.5 Å². The fourth-order valence-corrected chi connectivity index (χ4v) is 4.72. The number of carboxylic acids is 1. The van der Waals surface area contributed by atoms with E-state index in [4.69, 9.17) is 26.2 Å². The Labute approximate surface area is 231 Å². The van der Waals surface area contributed by atoms with E-state index in [1.807, 2.05) is 6.07 Å². The van der Waals surface area contributed by atoms with E-state index in [0.29, 0.717) is 16.5 Å². The van der Waals surface area contributed by atoms with E-state index in [0.717, 1.165) is 44.8 Å². The molecule has 0 bridgehead atoms. The molecule has 1 amide bonds. The first-order valence-corrected chi connectivity index (χ1v) is 13.4. The van der Waals surface area contributed by atoms with Gasteiger partial charge in [-0.2, -0.15) is 13.2 Å². The molecule has 39 heavy (non-hydrogen) atoms. The maximum Gasteiger partial charge on any atom is 0.490 e. The lowest BCUT2D eigenvalue weighted by Crippen LogP contribution is -2.44. The largest absolute Gasteiger partial charge is 0.493 e. The lowest BCUT2D eigenvalue weighted by atomic mass is 9.98. The van der Waals surface area contributed by atoms with E-state index in [2.05, 4.69) is 46.4 Å².